The van der Waals surface area contributed by atoms with Gasteiger partial charge in [0, 0.05) is 5.56 Å². The van der Waals surface area contributed by atoms with E-state index in [4.69, 9.17) is 13.6 Å². The SMILES string of the molecule is COc1ccc(C(=O)CSc2nnc(-c3ccoc3C)o2)cc1. The Balaban J connectivity index is 1.63. The summed E-state index contributed by atoms with van der Waals surface area (Å²) in [6.07, 6.45) is 1.56. The Bertz CT molecular complexity index is 808. The summed E-state index contributed by atoms with van der Waals surface area (Å²) < 4.78 is 15.8. The standard InChI is InChI=1S/C16H14N2O4S/c1-10-13(7-8-21-10)15-17-18-16(22-15)23-9-14(19)11-3-5-12(20-2)6-4-11/h3-8H,9H2,1-2H3. The van der Waals surface area contributed by atoms with Gasteiger partial charge in [-0.3, -0.25) is 4.79 Å². The zero-order chi connectivity index (χ0) is 16.2. The number of hydrogen-bond acceptors (Lipinski definition) is 7. The Morgan fingerprint density at radius 2 is 2.00 bits per heavy atom. The average molecular weight is 330 g/mol. The molecule has 118 valence electrons. The number of carbonyl (C=O) groups is 1. The molecule has 2 aromatic heterocycles. The van der Waals surface area contributed by atoms with E-state index in [-0.39, 0.29) is 11.5 Å². The van der Waals surface area contributed by atoms with Crippen LogP contribution in [0.3, 0.4) is 0 Å². The van der Waals surface area contributed by atoms with Gasteiger partial charge in [-0.2, -0.15) is 0 Å². The molecule has 1 aromatic carbocycles. The molecule has 23 heavy (non-hydrogen) atoms. The number of rotatable bonds is 6. The lowest BCUT2D eigenvalue weighted by atomic mass is 10.1. The minimum Gasteiger partial charge on any atom is -0.497 e. The van der Waals surface area contributed by atoms with Gasteiger partial charge >= 0.3 is 0 Å². The van der Waals surface area contributed by atoms with E-state index in [0.717, 1.165) is 5.56 Å². The molecule has 0 saturated carbocycles. The Kier molecular flexibility index (Phi) is 4.47. The number of methoxy groups -OCH3 is 1. The first kappa shape index (κ1) is 15.4. The highest BCUT2D eigenvalue weighted by Crippen LogP contribution is 2.26. The number of nitrogens with zero attached hydrogens (tertiary/aromatic N) is 2. The van der Waals surface area contributed by atoms with Crippen LogP contribution in [0, 0.1) is 6.92 Å². The van der Waals surface area contributed by atoms with Gasteiger partial charge in [-0.1, -0.05) is 11.8 Å². The van der Waals surface area contributed by atoms with Crippen molar-refractivity contribution in [1.29, 1.82) is 0 Å². The number of ether oxygens (including phenoxy) is 1. The predicted molar refractivity (Wildman–Crippen MR) is 84.8 cm³/mol. The Morgan fingerprint density at radius 1 is 1.22 bits per heavy atom. The molecule has 0 spiro atoms. The highest BCUT2D eigenvalue weighted by molar-refractivity contribution is 7.99. The van der Waals surface area contributed by atoms with E-state index in [2.05, 4.69) is 10.2 Å². The van der Waals surface area contributed by atoms with Crippen molar-refractivity contribution in [3.05, 3.63) is 47.9 Å². The van der Waals surface area contributed by atoms with Crippen LogP contribution in [0.5, 0.6) is 5.75 Å². The largest absolute Gasteiger partial charge is 0.497 e. The minimum absolute atomic E-state index is 0.0168. The van der Waals surface area contributed by atoms with Crippen molar-refractivity contribution in [2.75, 3.05) is 12.9 Å². The Labute approximate surface area is 136 Å². The summed E-state index contributed by atoms with van der Waals surface area (Å²) in [5.41, 5.74) is 1.37. The van der Waals surface area contributed by atoms with Gasteiger partial charge in [0.15, 0.2) is 5.78 Å². The van der Waals surface area contributed by atoms with E-state index < -0.39 is 0 Å². The van der Waals surface area contributed by atoms with E-state index >= 15 is 0 Å². The lowest BCUT2D eigenvalue weighted by Crippen LogP contribution is -2.02. The minimum atomic E-state index is -0.0168. The van der Waals surface area contributed by atoms with E-state index in [0.29, 0.717) is 28.2 Å². The molecular weight excluding hydrogens is 316 g/mol. The molecule has 2 heterocycles. The van der Waals surface area contributed by atoms with Crippen LogP contribution in [0.2, 0.25) is 0 Å². The van der Waals surface area contributed by atoms with Crippen molar-refractivity contribution in [3.63, 3.8) is 0 Å². The number of benzene rings is 1. The molecule has 0 atom stereocenters. The van der Waals surface area contributed by atoms with Crippen LogP contribution in [-0.2, 0) is 0 Å². The number of hydrogen-bond donors (Lipinski definition) is 0. The first-order valence-electron chi connectivity index (χ1n) is 6.85. The number of aromatic nitrogens is 2. The monoisotopic (exact) mass is 330 g/mol. The molecule has 0 aliphatic heterocycles. The molecule has 0 saturated heterocycles. The molecule has 7 heteroatoms. The second-order valence-corrected chi connectivity index (χ2v) is 5.63. The molecule has 0 bridgehead atoms. The molecule has 0 radical (unpaired) electrons. The van der Waals surface area contributed by atoms with Gasteiger partial charge in [-0.25, -0.2) is 0 Å². The van der Waals surface area contributed by atoms with Gasteiger partial charge < -0.3 is 13.6 Å². The van der Waals surface area contributed by atoms with Crippen molar-refractivity contribution in [3.8, 4) is 17.2 Å². The van der Waals surface area contributed by atoms with Gasteiger partial charge in [-0.15, -0.1) is 10.2 Å². The first-order valence-corrected chi connectivity index (χ1v) is 7.84. The van der Waals surface area contributed by atoms with E-state index in [9.17, 15) is 4.79 Å². The smallest absolute Gasteiger partial charge is 0.277 e. The number of thioether (sulfide) groups is 1. The van der Waals surface area contributed by atoms with Crippen molar-refractivity contribution < 1.29 is 18.4 Å². The molecule has 3 rings (SSSR count). The van der Waals surface area contributed by atoms with Crippen molar-refractivity contribution >= 4 is 17.5 Å². The molecule has 0 aliphatic carbocycles. The van der Waals surface area contributed by atoms with E-state index in [1.54, 1.807) is 43.7 Å². The third-order valence-corrected chi connectivity index (χ3v) is 4.05. The van der Waals surface area contributed by atoms with Crippen LogP contribution in [0.4, 0.5) is 0 Å². The zero-order valence-electron chi connectivity index (χ0n) is 12.6. The summed E-state index contributed by atoms with van der Waals surface area (Å²) in [5, 5.41) is 8.26. The van der Waals surface area contributed by atoms with E-state index in [1.807, 2.05) is 6.92 Å². The maximum Gasteiger partial charge on any atom is 0.277 e. The number of ketones is 1. The third-order valence-electron chi connectivity index (χ3n) is 3.23. The summed E-state index contributed by atoms with van der Waals surface area (Å²) >= 11 is 1.21. The van der Waals surface area contributed by atoms with Gasteiger partial charge in [0.25, 0.3) is 11.1 Å². The van der Waals surface area contributed by atoms with E-state index in [1.165, 1.54) is 11.8 Å². The number of Topliss-reactive ketones (excluding diaryl/α,β-unsaturated/α-hetero) is 1. The molecule has 6 nitrogen and oxygen atoms in total. The van der Waals surface area contributed by atoms with Crippen molar-refractivity contribution in [2.24, 2.45) is 0 Å². The lowest BCUT2D eigenvalue weighted by Gasteiger charge is -2.01. The summed E-state index contributed by atoms with van der Waals surface area (Å²) in [6.45, 7) is 1.82. The summed E-state index contributed by atoms with van der Waals surface area (Å²) in [7, 11) is 1.58. The molecular formula is C16H14N2O4S. The molecule has 0 aliphatic rings. The normalized spacial score (nSPS) is 10.7. The Morgan fingerprint density at radius 3 is 2.65 bits per heavy atom. The molecule has 0 fully saturated rings. The van der Waals surface area contributed by atoms with Crippen LogP contribution in [0.25, 0.3) is 11.5 Å². The highest BCUT2D eigenvalue weighted by atomic mass is 32.2. The molecule has 3 aromatic rings. The highest BCUT2D eigenvalue weighted by Gasteiger charge is 2.15. The van der Waals surface area contributed by atoms with Crippen LogP contribution >= 0.6 is 11.8 Å². The third kappa shape index (κ3) is 3.45. The fourth-order valence-corrected chi connectivity index (χ4v) is 2.63. The number of aryl methyl sites for hydroxylation is 1. The second kappa shape index (κ2) is 6.70. The zero-order valence-corrected chi connectivity index (χ0v) is 13.4. The van der Waals surface area contributed by atoms with Gasteiger partial charge in [0.2, 0.25) is 0 Å². The predicted octanol–water partition coefficient (Wildman–Crippen LogP) is 3.62. The van der Waals surface area contributed by atoms with Crippen LogP contribution in [0.15, 0.2) is 50.7 Å². The molecule has 0 N–H and O–H groups in total. The summed E-state index contributed by atoms with van der Waals surface area (Å²) in [5.74, 6) is 2.01. The van der Waals surface area contributed by atoms with Crippen LogP contribution < -0.4 is 4.74 Å². The number of carbonyl (C=O) groups excluding carboxylic acids is 1. The van der Waals surface area contributed by atoms with Crippen molar-refractivity contribution in [1.82, 2.24) is 10.2 Å². The van der Waals surface area contributed by atoms with Gasteiger partial charge in [-0.05, 0) is 37.3 Å². The van der Waals surface area contributed by atoms with Gasteiger partial charge in [0.05, 0.1) is 24.7 Å². The van der Waals surface area contributed by atoms with Crippen LogP contribution in [-0.4, -0.2) is 28.8 Å². The average Bonchev–Trinajstić information content (AvgIpc) is 3.21. The quantitative estimate of drug-likeness (QED) is 0.504. The topological polar surface area (TPSA) is 78.4 Å². The molecule has 0 unspecified atom stereocenters. The number of furan rings is 1. The maximum atomic E-state index is 12.1. The summed E-state index contributed by atoms with van der Waals surface area (Å²) in [4.78, 5) is 12.1. The first-order chi connectivity index (χ1) is 11.2. The maximum absolute atomic E-state index is 12.1. The second-order valence-electron chi connectivity index (χ2n) is 4.70. The summed E-state index contributed by atoms with van der Waals surface area (Å²) in [6, 6.07) is 8.74. The van der Waals surface area contributed by atoms with Crippen LogP contribution in [0.1, 0.15) is 16.1 Å². The van der Waals surface area contributed by atoms with Crippen molar-refractivity contribution in [2.45, 2.75) is 12.1 Å². The molecule has 0 amide bonds. The van der Waals surface area contributed by atoms with Gasteiger partial charge in [0.1, 0.15) is 11.5 Å². The lowest BCUT2D eigenvalue weighted by molar-refractivity contribution is 0.102. The Hall–Kier alpha value is -2.54. The fraction of sp³-hybridized carbons (Fsp3) is 0.188. The fourth-order valence-electron chi connectivity index (χ4n) is 1.97.